The maximum atomic E-state index is 13.9. The van der Waals surface area contributed by atoms with Gasteiger partial charge in [-0.1, -0.05) is 0 Å². The zero-order valence-electron chi connectivity index (χ0n) is 12.7. The molecule has 3 N–H and O–H groups in total. The highest BCUT2D eigenvalue weighted by atomic mass is 19.2. The molecule has 1 aromatic heterocycles. The van der Waals surface area contributed by atoms with E-state index in [0.29, 0.717) is 25.1 Å². The average Bonchev–Trinajstić information content (AvgIpc) is 2.99. The van der Waals surface area contributed by atoms with E-state index in [4.69, 9.17) is 5.11 Å². The number of aromatic hydroxyl groups is 1. The van der Waals surface area contributed by atoms with Crippen LogP contribution in [0.4, 0.5) is 23.9 Å². The van der Waals surface area contributed by atoms with Crippen LogP contribution in [0.5, 0.6) is 5.75 Å². The second-order valence-electron chi connectivity index (χ2n) is 5.53. The summed E-state index contributed by atoms with van der Waals surface area (Å²) in [5.41, 5.74) is -0.685. The number of nitrogens with zero attached hydrogens (tertiary/aromatic N) is 3. The molecule has 0 saturated carbocycles. The smallest absolute Gasteiger partial charge is 0.404 e. The predicted molar refractivity (Wildman–Crippen MR) is 80.8 cm³/mol. The van der Waals surface area contributed by atoms with Gasteiger partial charge in [0.05, 0.1) is 12.2 Å². The summed E-state index contributed by atoms with van der Waals surface area (Å²) >= 11 is 0. The summed E-state index contributed by atoms with van der Waals surface area (Å²) in [6.07, 6.45) is 0.393. The molecule has 1 atom stereocenters. The van der Waals surface area contributed by atoms with Crippen LogP contribution in [0.25, 0.3) is 11.3 Å². The average molecular weight is 354 g/mol. The van der Waals surface area contributed by atoms with E-state index < -0.39 is 34.9 Å². The molecule has 132 valence electrons. The van der Waals surface area contributed by atoms with E-state index >= 15 is 0 Å². The Labute approximate surface area is 139 Å². The second kappa shape index (κ2) is 6.46. The molecule has 2 heterocycles. The highest BCUT2D eigenvalue weighted by molar-refractivity contribution is 5.68. The minimum atomic E-state index is -1.35. The molecule has 1 aliphatic heterocycles. The summed E-state index contributed by atoms with van der Waals surface area (Å²) in [5.74, 6) is -4.08. The molecule has 1 aromatic carbocycles. The van der Waals surface area contributed by atoms with E-state index in [-0.39, 0.29) is 24.2 Å². The molecule has 25 heavy (non-hydrogen) atoms. The van der Waals surface area contributed by atoms with Crippen molar-refractivity contribution in [3.63, 3.8) is 0 Å². The van der Waals surface area contributed by atoms with Gasteiger partial charge in [0.1, 0.15) is 11.5 Å². The molecule has 3 rings (SSSR count). The number of amides is 1. The lowest BCUT2D eigenvalue weighted by molar-refractivity contribution is 0.191. The normalized spacial score (nSPS) is 16.9. The summed E-state index contributed by atoms with van der Waals surface area (Å²) in [6.45, 7) is 0.728. The number of halogens is 3. The third-order valence-corrected chi connectivity index (χ3v) is 3.82. The molecular weight excluding hydrogens is 341 g/mol. The van der Waals surface area contributed by atoms with Crippen LogP contribution >= 0.6 is 0 Å². The van der Waals surface area contributed by atoms with Gasteiger partial charge < -0.3 is 20.4 Å². The van der Waals surface area contributed by atoms with Crippen molar-refractivity contribution in [3.05, 3.63) is 35.8 Å². The van der Waals surface area contributed by atoms with Crippen LogP contribution in [0, 0.1) is 17.5 Å². The third-order valence-electron chi connectivity index (χ3n) is 3.82. The molecule has 1 fully saturated rings. The lowest BCUT2D eigenvalue weighted by Gasteiger charge is -2.17. The lowest BCUT2D eigenvalue weighted by Crippen LogP contribution is -2.36. The molecule has 0 bridgehead atoms. The van der Waals surface area contributed by atoms with Gasteiger partial charge in [0.2, 0.25) is 5.95 Å². The lowest BCUT2D eigenvalue weighted by atomic mass is 10.1. The van der Waals surface area contributed by atoms with Gasteiger partial charge in [0, 0.05) is 24.7 Å². The molecule has 1 unspecified atom stereocenters. The Kier molecular flexibility index (Phi) is 4.34. The minimum absolute atomic E-state index is 0.117. The zero-order chi connectivity index (χ0) is 18.1. The zero-order valence-corrected chi connectivity index (χ0v) is 12.7. The standard InChI is InChI=1S/C15H13F3N4O3/c16-9-4-11(18)10(17)3-8(9)13-12(23)5-19-14(21-13)22-2-1-7(6-22)20-15(24)25/h3-5,7,20,23H,1-2,6H2,(H,24,25). The fourth-order valence-electron chi connectivity index (χ4n) is 2.66. The molecular formula is C15H13F3N4O3. The van der Waals surface area contributed by atoms with Crippen molar-refractivity contribution in [2.24, 2.45) is 0 Å². The Morgan fingerprint density at radius 2 is 1.96 bits per heavy atom. The number of hydrogen-bond acceptors (Lipinski definition) is 5. The fraction of sp³-hybridized carbons (Fsp3) is 0.267. The van der Waals surface area contributed by atoms with Crippen molar-refractivity contribution in [1.29, 1.82) is 0 Å². The van der Waals surface area contributed by atoms with Crippen molar-refractivity contribution in [3.8, 4) is 17.0 Å². The van der Waals surface area contributed by atoms with Crippen LogP contribution in [0.2, 0.25) is 0 Å². The first-order valence-electron chi connectivity index (χ1n) is 7.30. The van der Waals surface area contributed by atoms with Gasteiger partial charge in [-0.2, -0.15) is 0 Å². The van der Waals surface area contributed by atoms with E-state index in [1.807, 2.05) is 0 Å². The summed E-state index contributed by atoms with van der Waals surface area (Å²) in [6, 6.07) is 0.655. The van der Waals surface area contributed by atoms with Gasteiger partial charge in [0.15, 0.2) is 17.4 Å². The summed E-state index contributed by atoms with van der Waals surface area (Å²) in [5, 5.41) is 20.9. The first kappa shape index (κ1) is 16.8. The quantitative estimate of drug-likeness (QED) is 0.731. The Hall–Kier alpha value is -3.04. The van der Waals surface area contributed by atoms with Crippen LogP contribution in [-0.2, 0) is 0 Å². The fourth-order valence-corrected chi connectivity index (χ4v) is 2.66. The molecule has 0 aliphatic carbocycles. The van der Waals surface area contributed by atoms with Gasteiger partial charge in [-0.15, -0.1) is 0 Å². The van der Waals surface area contributed by atoms with Gasteiger partial charge in [-0.25, -0.2) is 27.9 Å². The monoisotopic (exact) mass is 354 g/mol. The highest BCUT2D eigenvalue weighted by Gasteiger charge is 2.26. The Bertz CT molecular complexity index is 834. The Morgan fingerprint density at radius 3 is 2.68 bits per heavy atom. The van der Waals surface area contributed by atoms with Crippen LogP contribution in [0.3, 0.4) is 0 Å². The van der Waals surface area contributed by atoms with Crippen LogP contribution in [0.1, 0.15) is 6.42 Å². The molecule has 1 saturated heterocycles. The molecule has 7 nitrogen and oxygen atoms in total. The summed E-state index contributed by atoms with van der Waals surface area (Å²) in [4.78, 5) is 20.3. The van der Waals surface area contributed by atoms with Gasteiger partial charge in [0.25, 0.3) is 0 Å². The largest absolute Gasteiger partial charge is 0.504 e. The first-order valence-corrected chi connectivity index (χ1v) is 7.30. The van der Waals surface area contributed by atoms with E-state index in [0.717, 1.165) is 6.20 Å². The van der Waals surface area contributed by atoms with Crippen molar-refractivity contribution in [2.45, 2.75) is 12.5 Å². The molecule has 10 heteroatoms. The van der Waals surface area contributed by atoms with Gasteiger partial charge in [-0.3, -0.25) is 0 Å². The van der Waals surface area contributed by atoms with Crippen molar-refractivity contribution in [1.82, 2.24) is 15.3 Å². The maximum Gasteiger partial charge on any atom is 0.404 e. The number of carboxylic acid groups (broad SMARTS) is 1. The summed E-state index contributed by atoms with van der Waals surface area (Å²) in [7, 11) is 0. The minimum Gasteiger partial charge on any atom is -0.504 e. The highest BCUT2D eigenvalue weighted by Crippen LogP contribution is 2.32. The number of hydrogen-bond donors (Lipinski definition) is 3. The van der Waals surface area contributed by atoms with E-state index in [9.17, 15) is 23.1 Å². The Balaban J connectivity index is 1.92. The summed E-state index contributed by atoms with van der Waals surface area (Å²) < 4.78 is 40.4. The number of anilines is 1. The molecule has 2 aromatic rings. The van der Waals surface area contributed by atoms with Gasteiger partial charge in [-0.05, 0) is 12.5 Å². The number of nitrogens with one attached hydrogen (secondary N) is 1. The number of carbonyl (C=O) groups is 1. The Morgan fingerprint density at radius 1 is 1.24 bits per heavy atom. The SMILES string of the molecule is O=C(O)NC1CCN(c2ncc(O)c(-c3cc(F)c(F)cc3F)n2)C1. The van der Waals surface area contributed by atoms with Crippen molar-refractivity contribution in [2.75, 3.05) is 18.0 Å². The topological polar surface area (TPSA) is 98.6 Å². The van der Waals surface area contributed by atoms with E-state index in [2.05, 4.69) is 15.3 Å². The first-order chi connectivity index (χ1) is 11.8. The van der Waals surface area contributed by atoms with E-state index in [1.54, 1.807) is 4.90 Å². The number of aromatic nitrogens is 2. The van der Waals surface area contributed by atoms with Crippen LogP contribution in [0.15, 0.2) is 18.3 Å². The number of rotatable bonds is 3. The van der Waals surface area contributed by atoms with Crippen LogP contribution < -0.4 is 10.2 Å². The molecule has 1 amide bonds. The second-order valence-corrected chi connectivity index (χ2v) is 5.53. The molecule has 0 spiro atoms. The van der Waals surface area contributed by atoms with Crippen LogP contribution in [-0.4, -0.2) is 45.4 Å². The van der Waals surface area contributed by atoms with Crippen molar-refractivity contribution < 1.29 is 28.2 Å². The molecule has 1 aliphatic rings. The van der Waals surface area contributed by atoms with Crippen molar-refractivity contribution >= 4 is 12.0 Å². The van der Waals surface area contributed by atoms with E-state index in [1.165, 1.54) is 0 Å². The molecule has 0 radical (unpaired) electrons. The van der Waals surface area contributed by atoms with Gasteiger partial charge >= 0.3 is 6.09 Å². The predicted octanol–water partition coefficient (Wildman–Crippen LogP) is 2.11. The maximum absolute atomic E-state index is 13.9. The number of benzene rings is 1. The third kappa shape index (κ3) is 3.42.